The number of ether oxygens (including phenoxy) is 1. The minimum Gasteiger partial charge on any atom is -0.380 e. The third kappa shape index (κ3) is 4.91. The van der Waals surface area contributed by atoms with Crippen LogP contribution in [0.5, 0.6) is 0 Å². The van der Waals surface area contributed by atoms with Crippen LogP contribution in [0.15, 0.2) is 65.0 Å². The maximum Gasteiger partial charge on any atom is 0.263 e. The van der Waals surface area contributed by atoms with E-state index >= 15 is 0 Å². The van der Waals surface area contributed by atoms with Crippen LogP contribution >= 0.6 is 11.3 Å². The predicted molar refractivity (Wildman–Crippen MR) is 104 cm³/mol. The molecule has 0 saturated heterocycles. The second kappa shape index (κ2) is 8.30. The first-order chi connectivity index (χ1) is 13.0. The molecule has 0 fully saturated rings. The Kier molecular flexibility index (Phi) is 5.84. The normalized spacial score (nSPS) is 11.1. The molecule has 0 atom stereocenters. The lowest BCUT2D eigenvalue weighted by atomic mass is 10.2. The van der Waals surface area contributed by atoms with Crippen LogP contribution < -0.4 is 10.0 Å². The predicted octanol–water partition coefficient (Wildman–Crippen LogP) is 3.34. The molecule has 3 rings (SSSR count). The average Bonchev–Trinajstić information content (AvgIpc) is 3.15. The maximum absolute atomic E-state index is 12.4. The number of thiazole rings is 1. The van der Waals surface area contributed by atoms with E-state index in [0.717, 1.165) is 5.56 Å². The van der Waals surface area contributed by atoms with Gasteiger partial charge in [0.05, 0.1) is 11.5 Å². The molecule has 3 aromatic rings. The van der Waals surface area contributed by atoms with Crippen LogP contribution in [-0.4, -0.2) is 26.4 Å². The lowest BCUT2D eigenvalue weighted by molar-refractivity contribution is 0.102. The SMILES string of the molecule is COCc1cccc(NC(=O)c2ccc(S(=O)(=O)Nc3nccs3)cc2)c1. The summed E-state index contributed by atoms with van der Waals surface area (Å²) in [5.41, 5.74) is 1.92. The number of aromatic nitrogens is 1. The number of nitrogens with zero attached hydrogens (tertiary/aromatic N) is 1. The van der Waals surface area contributed by atoms with Crippen molar-refractivity contribution in [3.8, 4) is 0 Å². The van der Waals surface area contributed by atoms with Gasteiger partial charge in [-0.05, 0) is 42.0 Å². The van der Waals surface area contributed by atoms with Crippen LogP contribution in [0.4, 0.5) is 10.8 Å². The summed E-state index contributed by atoms with van der Waals surface area (Å²) in [5, 5.41) is 4.74. The minimum absolute atomic E-state index is 0.0522. The molecule has 2 N–H and O–H groups in total. The lowest BCUT2D eigenvalue weighted by Crippen LogP contribution is -2.14. The number of nitrogens with one attached hydrogen (secondary N) is 2. The molecule has 0 saturated carbocycles. The highest BCUT2D eigenvalue weighted by Crippen LogP contribution is 2.19. The van der Waals surface area contributed by atoms with Gasteiger partial charge in [0.15, 0.2) is 5.13 Å². The van der Waals surface area contributed by atoms with Crippen molar-refractivity contribution in [3.05, 3.63) is 71.2 Å². The molecule has 2 aromatic carbocycles. The highest BCUT2D eigenvalue weighted by molar-refractivity contribution is 7.93. The number of sulfonamides is 1. The zero-order valence-electron chi connectivity index (χ0n) is 14.4. The standard InChI is InChI=1S/C18H17N3O4S2/c1-25-12-13-3-2-4-15(11-13)20-17(22)14-5-7-16(8-6-14)27(23,24)21-18-19-9-10-26-18/h2-11H,12H2,1H3,(H,19,21)(H,20,22). The second-order valence-electron chi connectivity index (χ2n) is 5.55. The highest BCUT2D eigenvalue weighted by atomic mass is 32.2. The third-order valence-electron chi connectivity index (χ3n) is 3.58. The second-order valence-corrected chi connectivity index (χ2v) is 8.13. The molecule has 1 amide bonds. The van der Waals surface area contributed by atoms with E-state index in [4.69, 9.17) is 4.74 Å². The first-order valence-corrected chi connectivity index (χ1v) is 10.3. The topological polar surface area (TPSA) is 97.4 Å². The lowest BCUT2D eigenvalue weighted by Gasteiger charge is -2.09. The average molecular weight is 403 g/mol. The van der Waals surface area contributed by atoms with Crippen molar-refractivity contribution in [2.24, 2.45) is 0 Å². The van der Waals surface area contributed by atoms with Gasteiger partial charge in [0.1, 0.15) is 0 Å². The Hall–Kier alpha value is -2.75. The first-order valence-electron chi connectivity index (χ1n) is 7.89. The van der Waals surface area contributed by atoms with Crippen molar-refractivity contribution >= 4 is 38.1 Å². The molecule has 1 aromatic heterocycles. The molecular formula is C18H17N3O4S2. The molecule has 0 unspecified atom stereocenters. The summed E-state index contributed by atoms with van der Waals surface area (Å²) in [5.74, 6) is -0.332. The molecule has 0 bridgehead atoms. The van der Waals surface area contributed by atoms with Gasteiger partial charge in [-0.1, -0.05) is 12.1 Å². The van der Waals surface area contributed by atoms with Crippen LogP contribution in [0.2, 0.25) is 0 Å². The van der Waals surface area contributed by atoms with Crippen LogP contribution in [0.25, 0.3) is 0 Å². The van der Waals surface area contributed by atoms with Gasteiger partial charge in [-0.3, -0.25) is 9.52 Å². The highest BCUT2D eigenvalue weighted by Gasteiger charge is 2.16. The molecule has 1 heterocycles. The van der Waals surface area contributed by atoms with Crippen molar-refractivity contribution < 1.29 is 17.9 Å². The van der Waals surface area contributed by atoms with E-state index in [1.807, 2.05) is 18.2 Å². The zero-order chi connectivity index (χ0) is 19.3. The molecule has 0 spiro atoms. The molecule has 0 aliphatic heterocycles. The Balaban J connectivity index is 1.71. The van der Waals surface area contributed by atoms with Crippen molar-refractivity contribution in [3.63, 3.8) is 0 Å². The van der Waals surface area contributed by atoms with Gasteiger partial charge in [-0.25, -0.2) is 13.4 Å². The Morgan fingerprint density at radius 3 is 2.63 bits per heavy atom. The first kappa shape index (κ1) is 19.0. The number of carbonyl (C=O) groups is 1. The summed E-state index contributed by atoms with van der Waals surface area (Å²) in [4.78, 5) is 16.3. The number of amides is 1. The van der Waals surface area contributed by atoms with Crippen LogP contribution in [0.3, 0.4) is 0 Å². The largest absolute Gasteiger partial charge is 0.380 e. The number of rotatable bonds is 7. The Labute approximate surface area is 161 Å². The molecule has 7 nitrogen and oxygen atoms in total. The van der Waals surface area contributed by atoms with Gasteiger partial charge in [-0.2, -0.15) is 0 Å². The maximum atomic E-state index is 12.4. The number of anilines is 2. The van der Waals surface area contributed by atoms with E-state index in [0.29, 0.717) is 17.9 Å². The smallest absolute Gasteiger partial charge is 0.263 e. The molecule has 27 heavy (non-hydrogen) atoms. The fourth-order valence-electron chi connectivity index (χ4n) is 2.34. The Bertz CT molecular complexity index is 1020. The number of hydrogen-bond donors (Lipinski definition) is 2. The van der Waals surface area contributed by atoms with Gasteiger partial charge < -0.3 is 10.1 Å². The molecule has 9 heteroatoms. The summed E-state index contributed by atoms with van der Waals surface area (Å²) >= 11 is 1.18. The van der Waals surface area contributed by atoms with Crippen LogP contribution in [0.1, 0.15) is 15.9 Å². The van der Waals surface area contributed by atoms with E-state index in [1.165, 1.54) is 41.8 Å². The van der Waals surface area contributed by atoms with Crippen molar-refractivity contribution in [2.45, 2.75) is 11.5 Å². The van der Waals surface area contributed by atoms with Gasteiger partial charge in [0.25, 0.3) is 15.9 Å². The molecular weight excluding hydrogens is 386 g/mol. The minimum atomic E-state index is -3.74. The Morgan fingerprint density at radius 2 is 1.96 bits per heavy atom. The zero-order valence-corrected chi connectivity index (χ0v) is 16.0. The van der Waals surface area contributed by atoms with Gasteiger partial charge in [0, 0.05) is 29.9 Å². The summed E-state index contributed by atoms with van der Waals surface area (Å²) in [6.45, 7) is 0.447. The van der Waals surface area contributed by atoms with E-state index in [1.54, 1.807) is 18.6 Å². The van der Waals surface area contributed by atoms with E-state index < -0.39 is 10.0 Å². The molecule has 0 aliphatic carbocycles. The van der Waals surface area contributed by atoms with E-state index in [2.05, 4.69) is 15.0 Å². The molecule has 0 radical (unpaired) electrons. The quantitative estimate of drug-likeness (QED) is 0.631. The Morgan fingerprint density at radius 1 is 1.19 bits per heavy atom. The monoisotopic (exact) mass is 403 g/mol. The van der Waals surface area contributed by atoms with Gasteiger partial charge >= 0.3 is 0 Å². The molecule has 0 aliphatic rings. The van der Waals surface area contributed by atoms with Crippen molar-refractivity contribution in [1.29, 1.82) is 0 Å². The van der Waals surface area contributed by atoms with Crippen LogP contribution in [0, 0.1) is 0 Å². The van der Waals surface area contributed by atoms with E-state index in [9.17, 15) is 13.2 Å². The number of benzene rings is 2. The molecule has 140 valence electrons. The van der Waals surface area contributed by atoms with Crippen molar-refractivity contribution in [2.75, 3.05) is 17.1 Å². The third-order valence-corrected chi connectivity index (χ3v) is 5.75. The number of hydrogen-bond acceptors (Lipinski definition) is 6. The van der Waals surface area contributed by atoms with Crippen molar-refractivity contribution in [1.82, 2.24) is 4.98 Å². The summed E-state index contributed by atoms with van der Waals surface area (Å²) in [6.07, 6.45) is 1.51. The van der Waals surface area contributed by atoms with E-state index in [-0.39, 0.29) is 15.9 Å². The van der Waals surface area contributed by atoms with Gasteiger partial charge in [0.2, 0.25) is 0 Å². The van der Waals surface area contributed by atoms with Gasteiger partial charge in [-0.15, -0.1) is 11.3 Å². The summed E-state index contributed by atoms with van der Waals surface area (Å²) < 4.78 is 32.1. The fourth-order valence-corrected chi connectivity index (χ4v) is 4.13. The number of carbonyl (C=O) groups excluding carboxylic acids is 1. The summed E-state index contributed by atoms with van der Waals surface area (Å²) in [6, 6.07) is 13.0. The number of methoxy groups -OCH3 is 1. The van der Waals surface area contributed by atoms with Crippen LogP contribution in [-0.2, 0) is 21.4 Å². The summed E-state index contributed by atoms with van der Waals surface area (Å²) in [7, 11) is -2.14. The fraction of sp³-hybridized carbons (Fsp3) is 0.111.